The molecule has 11 nitrogen and oxygen atoms in total. The number of nitrogens with zero attached hydrogens (tertiary/aromatic N) is 2. The first-order valence-corrected chi connectivity index (χ1v) is 14.8. The zero-order valence-corrected chi connectivity index (χ0v) is 24.7. The van der Waals surface area contributed by atoms with Gasteiger partial charge in [-0.2, -0.15) is 0 Å². The summed E-state index contributed by atoms with van der Waals surface area (Å²) in [6.45, 7) is 3.95. The number of benzene rings is 3. The summed E-state index contributed by atoms with van der Waals surface area (Å²) in [5.74, 6) is 1.76. The third kappa shape index (κ3) is 6.57. The lowest BCUT2D eigenvalue weighted by Gasteiger charge is -2.39. The fourth-order valence-corrected chi connectivity index (χ4v) is 5.61. The first-order valence-electron chi connectivity index (χ1n) is 14.8. The smallest absolute Gasteiger partial charge is 0.254 e. The average molecular weight is 602 g/mol. The largest absolute Gasteiger partial charge is 0.494 e. The van der Waals surface area contributed by atoms with E-state index in [4.69, 9.17) is 23.7 Å². The highest BCUT2D eigenvalue weighted by Crippen LogP contribution is 2.32. The number of carbonyl (C=O) groups excluding carboxylic acids is 3. The minimum Gasteiger partial charge on any atom is -0.494 e. The zero-order valence-electron chi connectivity index (χ0n) is 24.7. The zero-order chi connectivity index (χ0) is 30.6. The quantitative estimate of drug-likeness (QED) is 0.484. The number of rotatable bonds is 3. The van der Waals surface area contributed by atoms with Gasteiger partial charge in [0.1, 0.15) is 30.5 Å². The van der Waals surface area contributed by atoms with Gasteiger partial charge in [0.25, 0.3) is 11.8 Å². The van der Waals surface area contributed by atoms with E-state index in [9.17, 15) is 14.4 Å². The summed E-state index contributed by atoms with van der Waals surface area (Å²) in [6.07, 6.45) is 0.153. The summed E-state index contributed by atoms with van der Waals surface area (Å²) in [6, 6.07) is 17.2. The normalized spacial score (nSPS) is 20.2. The molecule has 1 fully saturated rings. The van der Waals surface area contributed by atoms with Crippen LogP contribution in [-0.4, -0.2) is 86.2 Å². The summed E-state index contributed by atoms with van der Waals surface area (Å²) in [5, 5.41) is 3.04. The van der Waals surface area contributed by atoms with Crippen LogP contribution in [0, 0.1) is 0 Å². The first kappa shape index (κ1) is 29.3. The minimum atomic E-state index is -0.499. The van der Waals surface area contributed by atoms with Crippen LogP contribution in [0.4, 0.5) is 0 Å². The highest BCUT2D eigenvalue weighted by molar-refractivity contribution is 5.97. The van der Waals surface area contributed by atoms with Crippen LogP contribution >= 0.6 is 0 Å². The Morgan fingerprint density at radius 1 is 1.00 bits per heavy atom. The van der Waals surface area contributed by atoms with Crippen molar-refractivity contribution in [2.24, 2.45) is 0 Å². The van der Waals surface area contributed by atoms with Crippen LogP contribution in [0.5, 0.6) is 28.7 Å². The second kappa shape index (κ2) is 12.8. The molecule has 44 heavy (non-hydrogen) atoms. The number of likely N-dealkylation sites (N-methyl/N-ethyl adjacent to an activating group) is 1. The van der Waals surface area contributed by atoms with Gasteiger partial charge in [-0.15, -0.1) is 0 Å². The average Bonchev–Trinajstić information content (AvgIpc) is 3.03. The van der Waals surface area contributed by atoms with Gasteiger partial charge in [0, 0.05) is 37.3 Å². The molecule has 2 atom stereocenters. The lowest BCUT2D eigenvalue weighted by molar-refractivity contribution is -0.124. The van der Waals surface area contributed by atoms with Crippen LogP contribution in [0.3, 0.4) is 0 Å². The Morgan fingerprint density at radius 3 is 2.68 bits per heavy atom. The number of amides is 3. The molecule has 0 unspecified atom stereocenters. The van der Waals surface area contributed by atoms with E-state index in [1.54, 1.807) is 48.3 Å². The Morgan fingerprint density at radius 2 is 1.84 bits per heavy atom. The number of piperidine rings is 1. The molecule has 6 rings (SSSR count). The second-order valence-electron chi connectivity index (χ2n) is 11.0. The van der Waals surface area contributed by atoms with Crippen molar-refractivity contribution >= 4 is 17.7 Å². The SMILES string of the molecule is CCOc1cc2cc(c1)C(=O)N(C)CC(=O)N[C@H]1CN(C(=O)c3ccc4c(c3)OCCO4)CC[C@H]1OCc1cccc(c1)O2. The van der Waals surface area contributed by atoms with Crippen LogP contribution in [0.1, 0.15) is 39.6 Å². The van der Waals surface area contributed by atoms with Gasteiger partial charge in [0.15, 0.2) is 11.5 Å². The van der Waals surface area contributed by atoms with Crippen molar-refractivity contribution in [2.75, 3.05) is 46.5 Å². The van der Waals surface area contributed by atoms with Crippen molar-refractivity contribution < 1.29 is 38.1 Å². The van der Waals surface area contributed by atoms with Crippen LogP contribution in [0.15, 0.2) is 60.7 Å². The van der Waals surface area contributed by atoms with Gasteiger partial charge in [-0.3, -0.25) is 14.4 Å². The van der Waals surface area contributed by atoms with Crippen molar-refractivity contribution in [1.29, 1.82) is 0 Å². The number of nitrogens with one attached hydrogen (secondary N) is 1. The van der Waals surface area contributed by atoms with Gasteiger partial charge in [0.2, 0.25) is 5.91 Å². The second-order valence-corrected chi connectivity index (χ2v) is 11.0. The van der Waals surface area contributed by atoms with E-state index in [1.165, 1.54) is 4.90 Å². The molecule has 1 saturated heterocycles. The van der Waals surface area contributed by atoms with Crippen molar-refractivity contribution in [3.8, 4) is 28.7 Å². The molecule has 0 aromatic heterocycles. The van der Waals surface area contributed by atoms with E-state index in [1.807, 2.05) is 31.2 Å². The molecular weight excluding hydrogens is 566 g/mol. The molecule has 0 radical (unpaired) electrons. The summed E-state index contributed by atoms with van der Waals surface area (Å²) in [7, 11) is 1.56. The molecule has 1 N–H and O–H groups in total. The Kier molecular flexibility index (Phi) is 8.56. The molecule has 11 heteroatoms. The Balaban J connectivity index is 1.25. The maximum Gasteiger partial charge on any atom is 0.254 e. The number of fused-ring (bicyclic) bond motifs is 6. The lowest BCUT2D eigenvalue weighted by atomic mass is 10.00. The topological polar surface area (TPSA) is 116 Å². The predicted octanol–water partition coefficient (Wildman–Crippen LogP) is 3.65. The van der Waals surface area contributed by atoms with E-state index >= 15 is 0 Å². The predicted molar refractivity (Wildman–Crippen MR) is 160 cm³/mol. The Hall–Kier alpha value is -4.77. The number of ether oxygens (including phenoxy) is 5. The highest BCUT2D eigenvalue weighted by Gasteiger charge is 2.34. The molecule has 3 aliphatic rings. The fourth-order valence-electron chi connectivity index (χ4n) is 5.61. The van der Waals surface area contributed by atoms with Crippen molar-refractivity contribution in [3.05, 3.63) is 77.4 Å². The molecule has 4 bridgehead atoms. The van der Waals surface area contributed by atoms with Gasteiger partial charge in [-0.1, -0.05) is 12.1 Å². The minimum absolute atomic E-state index is 0.177. The molecule has 0 aliphatic carbocycles. The standard InChI is InChI=1S/C33H35N3O8/c1-3-40-25-14-23-15-26(17-25)44-24-6-4-5-21(13-24)20-43-28-9-10-36(18-27(28)34-31(37)19-35(2)32(23)38)33(39)22-7-8-29-30(16-22)42-12-11-41-29/h4-8,13-17,27-28H,3,9-12,18-20H2,1-2H3,(H,34,37)/t27-,28+/m0/s1. The van der Waals surface area contributed by atoms with Crippen LogP contribution < -0.4 is 24.3 Å². The maximum atomic E-state index is 13.5. The molecule has 3 amide bonds. The maximum absolute atomic E-state index is 13.5. The third-order valence-electron chi connectivity index (χ3n) is 7.74. The highest BCUT2D eigenvalue weighted by atomic mass is 16.6. The van der Waals surface area contributed by atoms with E-state index in [0.717, 1.165) is 5.56 Å². The van der Waals surface area contributed by atoms with Crippen LogP contribution in [0.2, 0.25) is 0 Å². The van der Waals surface area contributed by atoms with Crippen molar-refractivity contribution in [3.63, 3.8) is 0 Å². The molecular formula is C33H35N3O8. The Labute approximate surface area is 255 Å². The van der Waals surface area contributed by atoms with E-state index < -0.39 is 6.04 Å². The lowest BCUT2D eigenvalue weighted by Crippen LogP contribution is -2.58. The van der Waals surface area contributed by atoms with Crippen molar-refractivity contribution in [1.82, 2.24) is 15.1 Å². The van der Waals surface area contributed by atoms with Gasteiger partial charge in [-0.05, 0) is 61.4 Å². The molecule has 3 aromatic rings. The fraction of sp³-hybridized carbons (Fsp3) is 0.364. The van der Waals surface area contributed by atoms with Gasteiger partial charge in [0.05, 0.1) is 31.9 Å². The molecule has 3 aliphatic heterocycles. The summed E-state index contributed by atoms with van der Waals surface area (Å²) in [4.78, 5) is 43.3. The van der Waals surface area contributed by atoms with Gasteiger partial charge in [-0.25, -0.2) is 0 Å². The van der Waals surface area contributed by atoms with E-state index in [2.05, 4.69) is 5.32 Å². The molecule has 3 aromatic carbocycles. The number of hydrogen-bond acceptors (Lipinski definition) is 8. The molecule has 0 spiro atoms. The van der Waals surface area contributed by atoms with E-state index in [0.29, 0.717) is 72.7 Å². The first-order chi connectivity index (χ1) is 21.4. The number of carbonyl (C=O) groups is 3. The van der Waals surface area contributed by atoms with Crippen LogP contribution in [-0.2, 0) is 16.1 Å². The number of hydrogen-bond donors (Lipinski definition) is 1. The molecule has 3 heterocycles. The monoisotopic (exact) mass is 601 g/mol. The van der Waals surface area contributed by atoms with Crippen molar-refractivity contribution in [2.45, 2.75) is 32.1 Å². The Bertz CT molecular complexity index is 1560. The van der Waals surface area contributed by atoms with Crippen LogP contribution in [0.25, 0.3) is 0 Å². The summed E-state index contributed by atoms with van der Waals surface area (Å²) < 4.78 is 29.4. The van der Waals surface area contributed by atoms with Gasteiger partial charge >= 0.3 is 0 Å². The molecule has 230 valence electrons. The molecule has 0 saturated carbocycles. The summed E-state index contributed by atoms with van der Waals surface area (Å²) in [5.41, 5.74) is 1.69. The van der Waals surface area contributed by atoms with Gasteiger partial charge < -0.3 is 38.8 Å². The number of likely N-dealkylation sites (tertiary alicyclic amines) is 1. The summed E-state index contributed by atoms with van der Waals surface area (Å²) >= 11 is 0. The third-order valence-corrected chi connectivity index (χ3v) is 7.74. The van der Waals surface area contributed by atoms with E-state index in [-0.39, 0.29) is 43.5 Å².